The van der Waals surface area contributed by atoms with Crippen molar-refractivity contribution in [3.05, 3.63) is 58.3 Å². The number of aromatic nitrogens is 4. The predicted molar refractivity (Wildman–Crippen MR) is 119 cm³/mol. The Morgan fingerprint density at radius 2 is 2.10 bits per heavy atom. The number of hydrogen-bond donors (Lipinski definition) is 2. The largest absolute Gasteiger partial charge is 0.491 e. The molecule has 3 heterocycles. The highest BCUT2D eigenvalue weighted by molar-refractivity contribution is 6.33. The van der Waals surface area contributed by atoms with E-state index < -0.39 is 6.10 Å². The standard InChI is InChI=1S/C22H25ClN6O2/c1-13-14(2)27-21(28-22(13)29-9-15-7-25-12-26-20(15)10-29)18-6-17(4-5-19(18)23)31-11-16(30)8-24-3/h4-7,12,16,24,30H,8-11H2,1-3H3/t16-/m1/s1. The van der Waals surface area contributed by atoms with E-state index in [9.17, 15) is 5.11 Å². The van der Waals surface area contributed by atoms with Crippen molar-refractivity contribution in [1.29, 1.82) is 0 Å². The van der Waals surface area contributed by atoms with Gasteiger partial charge in [-0.05, 0) is 39.1 Å². The summed E-state index contributed by atoms with van der Waals surface area (Å²) in [6, 6.07) is 5.35. The van der Waals surface area contributed by atoms with Crippen molar-refractivity contribution in [2.24, 2.45) is 0 Å². The monoisotopic (exact) mass is 440 g/mol. The van der Waals surface area contributed by atoms with Gasteiger partial charge >= 0.3 is 0 Å². The van der Waals surface area contributed by atoms with Gasteiger partial charge in [0.25, 0.3) is 0 Å². The van der Waals surface area contributed by atoms with Crippen LogP contribution in [0.25, 0.3) is 11.4 Å². The Morgan fingerprint density at radius 1 is 1.26 bits per heavy atom. The number of benzene rings is 1. The summed E-state index contributed by atoms with van der Waals surface area (Å²) in [7, 11) is 1.78. The average Bonchev–Trinajstić information content (AvgIpc) is 3.19. The van der Waals surface area contributed by atoms with Crippen LogP contribution in [0.15, 0.2) is 30.7 Å². The SMILES string of the molecule is CNC[C@@H](O)COc1ccc(Cl)c(-c2nc(C)c(C)c(N3Cc4cncnc4C3)n2)c1. The number of aliphatic hydroxyl groups is 1. The van der Waals surface area contributed by atoms with Gasteiger partial charge in [0, 0.05) is 41.7 Å². The fourth-order valence-electron chi connectivity index (χ4n) is 3.54. The Kier molecular flexibility index (Phi) is 6.31. The number of hydrogen-bond acceptors (Lipinski definition) is 8. The lowest BCUT2D eigenvalue weighted by molar-refractivity contribution is 0.108. The molecule has 1 aromatic carbocycles. The molecule has 9 heteroatoms. The van der Waals surface area contributed by atoms with Crippen LogP contribution in [0.3, 0.4) is 0 Å². The van der Waals surface area contributed by atoms with E-state index >= 15 is 0 Å². The van der Waals surface area contributed by atoms with Gasteiger partial charge in [-0.1, -0.05) is 11.6 Å². The molecule has 162 valence electrons. The van der Waals surface area contributed by atoms with Crippen LogP contribution in [0.2, 0.25) is 5.02 Å². The first-order chi connectivity index (χ1) is 15.0. The summed E-state index contributed by atoms with van der Waals surface area (Å²) in [6.07, 6.45) is 2.82. The lowest BCUT2D eigenvalue weighted by Crippen LogP contribution is -2.29. The van der Waals surface area contributed by atoms with E-state index in [2.05, 4.69) is 25.2 Å². The van der Waals surface area contributed by atoms with Crippen LogP contribution in [0, 0.1) is 13.8 Å². The average molecular weight is 441 g/mol. The predicted octanol–water partition coefficient (Wildman–Crippen LogP) is 2.68. The van der Waals surface area contributed by atoms with Crippen molar-refractivity contribution in [3.63, 3.8) is 0 Å². The third kappa shape index (κ3) is 4.61. The van der Waals surface area contributed by atoms with Crippen LogP contribution >= 0.6 is 11.6 Å². The first-order valence-corrected chi connectivity index (χ1v) is 10.5. The number of aryl methyl sites for hydroxylation is 1. The van der Waals surface area contributed by atoms with Gasteiger partial charge < -0.3 is 20.1 Å². The van der Waals surface area contributed by atoms with E-state index in [0.717, 1.165) is 28.3 Å². The summed E-state index contributed by atoms with van der Waals surface area (Å²) in [5.74, 6) is 1.99. The van der Waals surface area contributed by atoms with Crippen LogP contribution in [0.5, 0.6) is 5.75 Å². The van der Waals surface area contributed by atoms with Crippen LogP contribution in [0.1, 0.15) is 22.5 Å². The molecule has 1 aliphatic heterocycles. The summed E-state index contributed by atoms with van der Waals surface area (Å²) < 4.78 is 5.73. The minimum atomic E-state index is -0.603. The maximum absolute atomic E-state index is 9.90. The second-order valence-electron chi connectivity index (χ2n) is 7.60. The summed E-state index contributed by atoms with van der Waals surface area (Å²) in [5.41, 5.74) is 4.70. The number of fused-ring (bicyclic) bond motifs is 1. The molecule has 0 fully saturated rings. The maximum atomic E-state index is 9.90. The van der Waals surface area contributed by atoms with Crippen molar-refractivity contribution in [2.45, 2.75) is 33.0 Å². The Balaban J connectivity index is 1.64. The zero-order valence-electron chi connectivity index (χ0n) is 17.8. The number of nitrogens with zero attached hydrogens (tertiary/aromatic N) is 5. The number of aliphatic hydroxyl groups excluding tert-OH is 1. The fraction of sp³-hybridized carbons (Fsp3) is 0.364. The van der Waals surface area contributed by atoms with Crippen molar-refractivity contribution in [2.75, 3.05) is 25.1 Å². The molecule has 1 atom stereocenters. The lowest BCUT2D eigenvalue weighted by atomic mass is 10.1. The third-order valence-electron chi connectivity index (χ3n) is 5.31. The first-order valence-electron chi connectivity index (χ1n) is 10.1. The fourth-order valence-corrected chi connectivity index (χ4v) is 3.75. The molecule has 1 aliphatic rings. The van der Waals surface area contributed by atoms with Crippen LogP contribution in [-0.2, 0) is 13.1 Å². The number of ether oxygens (including phenoxy) is 1. The minimum absolute atomic E-state index is 0.175. The molecule has 2 aromatic heterocycles. The minimum Gasteiger partial charge on any atom is -0.491 e. The van der Waals surface area contributed by atoms with E-state index in [1.807, 2.05) is 26.1 Å². The highest BCUT2D eigenvalue weighted by atomic mass is 35.5. The van der Waals surface area contributed by atoms with Crippen LogP contribution in [-0.4, -0.2) is 51.3 Å². The highest BCUT2D eigenvalue weighted by Crippen LogP contribution is 2.34. The summed E-state index contributed by atoms with van der Waals surface area (Å²) in [4.78, 5) is 20.2. The maximum Gasteiger partial charge on any atom is 0.163 e. The van der Waals surface area contributed by atoms with E-state index in [1.54, 1.807) is 25.5 Å². The molecular weight excluding hydrogens is 416 g/mol. The Labute approximate surface area is 186 Å². The molecular formula is C22H25ClN6O2. The van der Waals surface area contributed by atoms with Crippen LogP contribution < -0.4 is 15.0 Å². The Hall–Kier alpha value is -2.81. The third-order valence-corrected chi connectivity index (χ3v) is 5.64. The van der Waals surface area contributed by atoms with Gasteiger partial charge in [0.2, 0.25) is 0 Å². The van der Waals surface area contributed by atoms with Gasteiger partial charge in [-0.3, -0.25) is 0 Å². The molecule has 0 saturated carbocycles. The second-order valence-corrected chi connectivity index (χ2v) is 8.00. The molecule has 0 bridgehead atoms. The van der Waals surface area contributed by atoms with E-state index in [4.69, 9.17) is 21.3 Å². The van der Waals surface area contributed by atoms with Crippen molar-refractivity contribution >= 4 is 17.4 Å². The van der Waals surface area contributed by atoms with Gasteiger partial charge in [0.15, 0.2) is 5.82 Å². The first kappa shape index (κ1) is 21.4. The zero-order valence-corrected chi connectivity index (χ0v) is 18.5. The molecule has 0 radical (unpaired) electrons. The molecule has 2 N–H and O–H groups in total. The molecule has 0 amide bonds. The molecule has 0 aliphatic carbocycles. The number of anilines is 1. The topological polar surface area (TPSA) is 96.3 Å². The molecule has 3 aromatic rings. The van der Waals surface area contributed by atoms with Gasteiger partial charge in [-0.25, -0.2) is 19.9 Å². The van der Waals surface area contributed by atoms with E-state index in [1.165, 1.54) is 0 Å². The van der Waals surface area contributed by atoms with Gasteiger partial charge in [-0.15, -0.1) is 0 Å². The molecule has 0 unspecified atom stereocenters. The highest BCUT2D eigenvalue weighted by Gasteiger charge is 2.24. The molecule has 0 saturated heterocycles. The Bertz CT molecular complexity index is 1070. The smallest absolute Gasteiger partial charge is 0.163 e. The van der Waals surface area contributed by atoms with Crippen LogP contribution in [0.4, 0.5) is 5.82 Å². The van der Waals surface area contributed by atoms with Crippen molar-refractivity contribution in [3.8, 4) is 17.1 Å². The zero-order chi connectivity index (χ0) is 22.0. The summed E-state index contributed by atoms with van der Waals surface area (Å²) in [5, 5.41) is 13.3. The number of nitrogens with one attached hydrogen (secondary N) is 1. The Morgan fingerprint density at radius 3 is 2.87 bits per heavy atom. The quantitative estimate of drug-likeness (QED) is 0.579. The number of rotatable bonds is 7. The number of likely N-dealkylation sites (N-methyl/N-ethyl adjacent to an activating group) is 1. The second kappa shape index (κ2) is 9.13. The molecule has 8 nitrogen and oxygen atoms in total. The van der Waals surface area contributed by atoms with E-state index in [-0.39, 0.29) is 6.61 Å². The summed E-state index contributed by atoms with van der Waals surface area (Å²) in [6.45, 7) is 5.99. The van der Waals surface area contributed by atoms with Gasteiger partial charge in [0.05, 0.1) is 17.3 Å². The molecule has 31 heavy (non-hydrogen) atoms. The van der Waals surface area contributed by atoms with Gasteiger partial charge in [-0.2, -0.15) is 0 Å². The van der Waals surface area contributed by atoms with Crippen molar-refractivity contribution < 1.29 is 9.84 Å². The van der Waals surface area contributed by atoms with Gasteiger partial charge in [0.1, 0.15) is 30.6 Å². The lowest BCUT2D eigenvalue weighted by Gasteiger charge is -2.21. The van der Waals surface area contributed by atoms with Crippen molar-refractivity contribution in [1.82, 2.24) is 25.3 Å². The summed E-state index contributed by atoms with van der Waals surface area (Å²) >= 11 is 6.49. The molecule has 0 spiro atoms. The number of halogens is 1. The normalized spacial score (nSPS) is 13.9. The van der Waals surface area contributed by atoms with E-state index in [0.29, 0.717) is 41.8 Å². The molecule has 4 rings (SSSR count).